The first kappa shape index (κ1) is 18.2. The fourth-order valence-corrected chi connectivity index (χ4v) is 3.36. The van der Waals surface area contributed by atoms with Crippen LogP contribution in [0.25, 0.3) is 6.08 Å². The number of ether oxygens (including phenoxy) is 1. The summed E-state index contributed by atoms with van der Waals surface area (Å²) in [5.74, 6) is 0.0864. The predicted molar refractivity (Wildman–Crippen MR) is 97.3 cm³/mol. The van der Waals surface area contributed by atoms with Gasteiger partial charge in [-0.05, 0) is 31.4 Å². The highest BCUT2D eigenvalue weighted by atomic mass is 16.5. The molecule has 0 aromatic heterocycles. The molecule has 23 heavy (non-hydrogen) atoms. The molecule has 1 saturated heterocycles. The molecular formula is C21H32O2. The summed E-state index contributed by atoms with van der Waals surface area (Å²) >= 11 is 0. The maximum absolute atomic E-state index is 10.5. The largest absolute Gasteiger partial charge is 0.390 e. The normalized spacial score (nSPS) is 23.6. The van der Waals surface area contributed by atoms with E-state index in [0.717, 1.165) is 6.42 Å². The highest BCUT2D eigenvalue weighted by molar-refractivity contribution is 5.55. The van der Waals surface area contributed by atoms with E-state index in [1.54, 1.807) is 0 Å². The summed E-state index contributed by atoms with van der Waals surface area (Å²) in [6, 6.07) is 10.4. The maximum Gasteiger partial charge on any atom is 0.0793 e. The Morgan fingerprint density at radius 3 is 2.48 bits per heavy atom. The van der Waals surface area contributed by atoms with Crippen LogP contribution in [0.3, 0.4) is 0 Å². The van der Waals surface area contributed by atoms with Gasteiger partial charge in [-0.25, -0.2) is 0 Å². The van der Waals surface area contributed by atoms with Crippen LogP contribution in [0.4, 0.5) is 0 Å². The Hall–Kier alpha value is -1.12. The molecule has 1 aliphatic heterocycles. The number of rotatable bonds is 8. The van der Waals surface area contributed by atoms with E-state index in [2.05, 4.69) is 37.3 Å². The van der Waals surface area contributed by atoms with Gasteiger partial charge in [-0.2, -0.15) is 0 Å². The van der Waals surface area contributed by atoms with E-state index in [-0.39, 0.29) is 12.0 Å². The summed E-state index contributed by atoms with van der Waals surface area (Å²) in [7, 11) is 0. The van der Waals surface area contributed by atoms with Crippen molar-refractivity contribution < 1.29 is 9.84 Å². The van der Waals surface area contributed by atoms with Crippen LogP contribution in [-0.2, 0) is 4.74 Å². The van der Waals surface area contributed by atoms with Gasteiger partial charge in [0.1, 0.15) is 0 Å². The lowest BCUT2D eigenvalue weighted by Gasteiger charge is -2.26. The minimum atomic E-state index is -0.739. The molecule has 0 bridgehead atoms. The molecule has 1 aromatic rings. The van der Waals surface area contributed by atoms with Crippen molar-refractivity contribution in [1.29, 1.82) is 0 Å². The highest BCUT2D eigenvalue weighted by Crippen LogP contribution is 2.37. The van der Waals surface area contributed by atoms with Crippen molar-refractivity contribution in [2.24, 2.45) is 5.92 Å². The first-order chi connectivity index (χ1) is 11.0. The quantitative estimate of drug-likeness (QED) is 0.667. The number of hydrogen-bond acceptors (Lipinski definition) is 2. The van der Waals surface area contributed by atoms with Crippen molar-refractivity contribution in [1.82, 2.24) is 0 Å². The molecule has 1 aromatic carbocycles. The third-order valence-corrected chi connectivity index (χ3v) is 4.79. The van der Waals surface area contributed by atoms with Crippen LogP contribution in [0, 0.1) is 5.92 Å². The fraction of sp³-hybridized carbons (Fsp3) is 0.619. The molecule has 0 saturated carbocycles. The molecular weight excluding hydrogens is 284 g/mol. The van der Waals surface area contributed by atoms with Gasteiger partial charge in [0.25, 0.3) is 0 Å². The monoisotopic (exact) mass is 316 g/mol. The van der Waals surface area contributed by atoms with Gasteiger partial charge in [0.15, 0.2) is 0 Å². The van der Waals surface area contributed by atoms with Crippen molar-refractivity contribution in [2.45, 2.75) is 71.0 Å². The summed E-state index contributed by atoms with van der Waals surface area (Å²) in [6.45, 7) is 6.66. The van der Waals surface area contributed by atoms with E-state index in [1.807, 2.05) is 19.9 Å². The molecule has 128 valence electrons. The smallest absolute Gasteiger partial charge is 0.0793 e. The van der Waals surface area contributed by atoms with E-state index >= 15 is 0 Å². The molecule has 0 aliphatic carbocycles. The van der Waals surface area contributed by atoms with Crippen LogP contribution in [-0.4, -0.2) is 23.4 Å². The number of hydrogen-bond donors (Lipinski definition) is 1. The van der Waals surface area contributed by atoms with Crippen LogP contribution in [0.5, 0.6) is 0 Å². The average molecular weight is 316 g/mol. The summed E-state index contributed by atoms with van der Waals surface area (Å²) in [6.07, 6.45) is 9.85. The Morgan fingerprint density at radius 1 is 1.13 bits per heavy atom. The Labute approximate surface area is 141 Å². The summed E-state index contributed by atoms with van der Waals surface area (Å²) in [5.41, 5.74) is 1.72. The van der Waals surface area contributed by atoms with Crippen molar-refractivity contribution in [3.8, 4) is 0 Å². The van der Waals surface area contributed by atoms with Crippen molar-refractivity contribution in [3.63, 3.8) is 0 Å². The zero-order valence-electron chi connectivity index (χ0n) is 14.9. The van der Waals surface area contributed by atoms with Crippen LogP contribution in [0.15, 0.2) is 35.9 Å². The third kappa shape index (κ3) is 5.47. The lowest BCUT2D eigenvalue weighted by molar-refractivity contribution is 0.0151. The van der Waals surface area contributed by atoms with Crippen molar-refractivity contribution >= 4 is 6.08 Å². The molecule has 1 fully saturated rings. The first-order valence-electron chi connectivity index (χ1n) is 9.13. The summed E-state index contributed by atoms with van der Waals surface area (Å²) in [5, 5.41) is 10.5. The Balaban J connectivity index is 2.07. The van der Waals surface area contributed by atoms with E-state index in [0.29, 0.717) is 6.61 Å². The lowest BCUT2D eigenvalue weighted by atomic mass is 9.82. The number of unbranched alkanes of at least 4 members (excludes halogenated alkanes) is 4. The van der Waals surface area contributed by atoms with Crippen LogP contribution in [0.1, 0.15) is 64.9 Å². The highest BCUT2D eigenvalue weighted by Gasteiger charge is 2.39. The van der Waals surface area contributed by atoms with Gasteiger partial charge in [0.05, 0.1) is 18.3 Å². The minimum Gasteiger partial charge on any atom is -0.390 e. The second-order valence-electron chi connectivity index (χ2n) is 7.29. The molecule has 0 spiro atoms. The van der Waals surface area contributed by atoms with Crippen molar-refractivity contribution in [2.75, 3.05) is 6.61 Å². The Morgan fingerprint density at radius 2 is 1.83 bits per heavy atom. The Bertz CT molecular complexity index is 484. The zero-order valence-corrected chi connectivity index (χ0v) is 14.9. The molecule has 0 amide bonds. The molecule has 2 rings (SSSR count). The molecule has 0 radical (unpaired) electrons. The predicted octanol–water partition coefficient (Wildman–Crippen LogP) is 5.22. The molecule has 2 nitrogen and oxygen atoms in total. The molecule has 1 aliphatic rings. The van der Waals surface area contributed by atoms with E-state index in [9.17, 15) is 5.11 Å². The number of aliphatic hydroxyl groups is 1. The second-order valence-corrected chi connectivity index (χ2v) is 7.29. The maximum atomic E-state index is 10.5. The lowest BCUT2D eigenvalue weighted by Crippen LogP contribution is -2.32. The number of benzene rings is 1. The van der Waals surface area contributed by atoms with Gasteiger partial charge in [-0.15, -0.1) is 0 Å². The van der Waals surface area contributed by atoms with E-state index in [4.69, 9.17) is 4.74 Å². The summed E-state index contributed by atoms with van der Waals surface area (Å²) in [4.78, 5) is 0. The molecule has 2 heteroatoms. The third-order valence-electron chi connectivity index (χ3n) is 4.79. The first-order valence-corrected chi connectivity index (χ1v) is 9.13. The van der Waals surface area contributed by atoms with Gasteiger partial charge < -0.3 is 9.84 Å². The van der Waals surface area contributed by atoms with Gasteiger partial charge in [0, 0.05) is 5.92 Å². The minimum absolute atomic E-state index is 0.0864. The zero-order chi connectivity index (χ0) is 16.7. The topological polar surface area (TPSA) is 29.5 Å². The van der Waals surface area contributed by atoms with Crippen LogP contribution < -0.4 is 0 Å². The molecule has 1 heterocycles. The molecule has 1 N–H and O–H groups in total. The van der Waals surface area contributed by atoms with Gasteiger partial charge in [-0.3, -0.25) is 0 Å². The average Bonchev–Trinajstić information content (AvgIpc) is 2.91. The molecule has 2 atom stereocenters. The molecule has 2 unspecified atom stereocenters. The van der Waals surface area contributed by atoms with E-state index in [1.165, 1.54) is 43.2 Å². The standard InChI is InChI=1S/C21H32O2/c1-4-5-6-7-11-14-20-18(15-17-12-9-8-10-13-17)19(16-23-20)21(2,3)22/h8-10,12-13,15,19-20,22H,4-7,11,14,16H2,1-3H3/b18-15-. The van der Waals surface area contributed by atoms with Crippen molar-refractivity contribution in [3.05, 3.63) is 41.5 Å². The van der Waals surface area contributed by atoms with E-state index < -0.39 is 5.60 Å². The Kier molecular flexibility index (Phi) is 6.86. The van der Waals surface area contributed by atoms with Gasteiger partial charge in [-0.1, -0.05) is 75.4 Å². The van der Waals surface area contributed by atoms with Gasteiger partial charge in [0.2, 0.25) is 0 Å². The SMILES string of the molecule is CCCCCCCC1OCC(C(C)(C)O)/C1=C/c1ccccc1. The second kappa shape index (κ2) is 8.65. The fourth-order valence-electron chi connectivity index (χ4n) is 3.36. The van der Waals surface area contributed by atoms with Crippen LogP contribution >= 0.6 is 0 Å². The summed E-state index contributed by atoms with van der Waals surface area (Å²) < 4.78 is 6.06. The van der Waals surface area contributed by atoms with Crippen LogP contribution in [0.2, 0.25) is 0 Å². The van der Waals surface area contributed by atoms with Gasteiger partial charge >= 0.3 is 0 Å².